The van der Waals surface area contributed by atoms with Crippen molar-refractivity contribution in [3.8, 4) is 0 Å². The second-order valence-corrected chi connectivity index (χ2v) is 10.8. The SMILES string of the molecule is CCCN(C(=O)OC(C)(C)C)[C@@H](C)C(=O)N[C@H](C(=S)N1CCC[C@H]1B(O)O)C1CCCCC1. The minimum Gasteiger partial charge on any atom is -0.444 e. The van der Waals surface area contributed by atoms with E-state index in [9.17, 15) is 19.6 Å². The minimum atomic E-state index is -1.47. The Balaban J connectivity index is 2.20. The van der Waals surface area contributed by atoms with Gasteiger partial charge in [0.25, 0.3) is 0 Å². The first-order valence-corrected chi connectivity index (χ1v) is 12.8. The number of carbonyl (C=O) groups is 2. The van der Waals surface area contributed by atoms with Gasteiger partial charge in [-0.15, -0.1) is 0 Å². The van der Waals surface area contributed by atoms with Crippen molar-refractivity contribution in [3.05, 3.63) is 0 Å². The molecule has 2 rings (SSSR count). The van der Waals surface area contributed by atoms with Gasteiger partial charge in [-0.3, -0.25) is 9.69 Å². The Bertz CT molecular complexity index is 681. The molecule has 1 saturated carbocycles. The molecule has 3 N–H and O–H groups in total. The maximum atomic E-state index is 13.4. The third kappa shape index (κ3) is 7.82. The molecule has 3 atom stereocenters. The van der Waals surface area contributed by atoms with Crippen LogP contribution in [0.25, 0.3) is 0 Å². The Kier molecular flexibility index (Phi) is 10.4. The van der Waals surface area contributed by atoms with E-state index in [1.165, 1.54) is 11.3 Å². The van der Waals surface area contributed by atoms with E-state index in [0.717, 1.165) is 32.1 Å². The molecule has 0 aromatic carbocycles. The Hall–Kier alpha value is -1.39. The van der Waals surface area contributed by atoms with Crippen LogP contribution in [0.2, 0.25) is 0 Å². The fourth-order valence-electron chi connectivity index (χ4n) is 4.82. The number of carbonyl (C=O) groups excluding carboxylic acids is 2. The number of amides is 2. The van der Waals surface area contributed by atoms with Crippen molar-refractivity contribution in [2.24, 2.45) is 5.92 Å². The van der Waals surface area contributed by atoms with Crippen molar-refractivity contribution in [2.45, 2.75) is 110 Å². The third-order valence-electron chi connectivity index (χ3n) is 6.55. The van der Waals surface area contributed by atoms with Crippen LogP contribution >= 0.6 is 12.2 Å². The van der Waals surface area contributed by atoms with Crippen LogP contribution in [0.5, 0.6) is 0 Å². The molecule has 8 nitrogen and oxygen atoms in total. The van der Waals surface area contributed by atoms with Crippen LogP contribution in [0.15, 0.2) is 0 Å². The van der Waals surface area contributed by atoms with Gasteiger partial charge in [0.05, 0.1) is 12.0 Å². The van der Waals surface area contributed by atoms with Gasteiger partial charge in [-0.1, -0.05) is 38.4 Å². The van der Waals surface area contributed by atoms with Crippen molar-refractivity contribution in [2.75, 3.05) is 13.1 Å². The van der Waals surface area contributed by atoms with Crippen LogP contribution < -0.4 is 5.32 Å². The van der Waals surface area contributed by atoms with E-state index in [-0.39, 0.29) is 17.9 Å². The lowest BCUT2D eigenvalue weighted by atomic mass is 9.77. The largest absolute Gasteiger partial charge is 0.475 e. The highest BCUT2D eigenvalue weighted by atomic mass is 32.1. The van der Waals surface area contributed by atoms with E-state index in [0.29, 0.717) is 30.9 Å². The molecule has 0 bridgehead atoms. The van der Waals surface area contributed by atoms with E-state index >= 15 is 0 Å². The average Bonchev–Trinajstić information content (AvgIpc) is 3.24. The molecular formula is C23H42BN3O5S. The topological polar surface area (TPSA) is 102 Å². The quantitative estimate of drug-likeness (QED) is 0.360. The number of ether oxygens (including phenoxy) is 1. The molecule has 188 valence electrons. The van der Waals surface area contributed by atoms with Crippen molar-refractivity contribution < 1.29 is 24.4 Å². The molecule has 1 aliphatic carbocycles. The van der Waals surface area contributed by atoms with Gasteiger partial charge < -0.3 is 25.0 Å². The summed E-state index contributed by atoms with van der Waals surface area (Å²) in [7, 11) is -1.47. The predicted molar refractivity (Wildman–Crippen MR) is 134 cm³/mol. The zero-order chi connectivity index (χ0) is 24.8. The molecule has 33 heavy (non-hydrogen) atoms. The van der Waals surface area contributed by atoms with Crippen LogP contribution in [0.4, 0.5) is 4.79 Å². The molecule has 1 saturated heterocycles. The van der Waals surface area contributed by atoms with Crippen LogP contribution in [0.1, 0.15) is 86.0 Å². The van der Waals surface area contributed by atoms with E-state index < -0.39 is 30.8 Å². The Morgan fingerprint density at radius 1 is 1.18 bits per heavy atom. The normalized spacial score (nSPS) is 21.3. The van der Waals surface area contributed by atoms with Crippen LogP contribution in [0.3, 0.4) is 0 Å². The number of rotatable bonds is 8. The van der Waals surface area contributed by atoms with Gasteiger partial charge in [0, 0.05) is 13.1 Å². The molecule has 1 heterocycles. The fourth-order valence-corrected chi connectivity index (χ4v) is 5.30. The van der Waals surface area contributed by atoms with E-state index in [4.69, 9.17) is 17.0 Å². The number of thiocarbonyl (C=S) groups is 1. The fraction of sp³-hybridized carbons (Fsp3) is 0.870. The first-order chi connectivity index (χ1) is 15.5. The maximum Gasteiger partial charge on any atom is 0.475 e. The Morgan fingerprint density at radius 3 is 2.36 bits per heavy atom. The van der Waals surface area contributed by atoms with Gasteiger partial charge >= 0.3 is 13.2 Å². The molecule has 1 aliphatic heterocycles. The van der Waals surface area contributed by atoms with Crippen molar-refractivity contribution in [1.29, 1.82) is 0 Å². The lowest BCUT2D eigenvalue weighted by Gasteiger charge is -2.38. The lowest BCUT2D eigenvalue weighted by molar-refractivity contribution is -0.126. The van der Waals surface area contributed by atoms with Gasteiger partial charge in [-0.2, -0.15) is 0 Å². The molecule has 0 radical (unpaired) electrons. The van der Waals surface area contributed by atoms with Gasteiger partial charge in [-0.05, 0) is 65.7 Å². The number of hydrogen-bond donors (Lipinski definition) is 3. The summed E-state index contributed by atoms with van der Waals surface area (Å²) in [6, 6.07) is -1.09. The molecule has 0 aromatic rings. The van der Waals surface area contributed by atoms with E-state index in [2.05, 4.69) is 5.32 Å². The second kappa shape index (κ2) is 12.4. The Morgan fingerprint density at radius 2 is 1.82 bits per heavy atom. The monoisotopic (exact) mass is 483 g/mol. The number of likely N-dealkylation sites (tertiary alicyclic amines) is 1. The summed E-state index contributed by atoms with van der Waals surface area (Å²) in [5.41, 5.74) is -0.651. The maximum absolute atomic E-state index is 13.4. The minimum absolute atomic E-state index is 0.195. The van der Waals surface area contributed by atoms with E-state index in [1.54, 1.807) is 27.7 Å². The Labute approximate surface area is 204 Å². The third-order valence-corrected chi connectivity index (χ3v) is 7.04. The lowest BCUT2D eigenvalue weighted by Crippen LogP contribution is -2.58. The first kappa shape index (κ1) is 27.9. The molecule has 2 aliphatic rings. The molecule has 0 spiro atoms. The molecule has 0 unspecified atom stereocenters. The second-order valence-electron chi connectivity index (χ2n) is 10.4. The molecule has 2 fully saturated rings. The first-order valence-electron chi connectivity index (χ1n) is 12.4. The summed E-state index contributed by atoms with van der Waals surface area (Å²) in [6.07, 6.45) is 6.94. The van der Waals surface area contributed by atoms with Crippen LogP contribution in [-0.4, -0.2) is 80.7 Å². The van der Waals surface area contributed by atoms with Crippen LogP contribution in [-0.2, 0) is 9.53 Å². The summed E-state index contributed by atoms with van der Waals surface area (Å²) in [5.74, 6) is -0.524. The summed E-state index contributed by atoms with van der Waals surface area (Å²) >= 11 is 5.84. The van der Waals surface area contributed by atoms with Gasteiger partial charge in [0.2, 0.25) is 5.91 Å². The molecule has 2 amide bonds. The summed E-state index contributed by atoms with van der Waals surface area (Å²) in [5, 5.41) is 22.8. The smallest absolute Gasteiger partial charge is 0.444 e. The number of nitrogens with zero attached hydrogens (tertiary/aromatic N) is 2. The molecule has 10 heteroatoms. The molecule has 0 aromatic heterocycles. The summed E-state index contributed by atoms with van der Waals surface area (Å²) in [6.45, 7) is 10.1. The summed E-state index contributed by atoms with van der Waals surface area (Å²) in [4.78, 5) is 30.1. The standard InChI is InChI=1S/C23H42BN3O5S/c1-6-14-26(22(29)32-23(3,4)5)16(2)20(28)25-19(17-11-8-7-9-12-17)21(33)27-15-10-13-18(27)24(30)31/h16-19,30-31H,6-15H2,1-5H3,(H,25,28)/t16-,18-,19-/m0/s1. The molecular weight excluding hydrogens is 441 g/mol. The van der Waals surface area contributed by atoms with Crippen molar-refractivity contribution in [1.82, 2.24) is 15.1 Å². The highest BCUT2D eigenvalue weighted by molar-refractivity contribution is 7.80. The van der Waals surface area contributed by atoms with Crippen LogP contribution in [0, 0.1) is 5.92 Å². The predicted octanol–water partition coefficient (Wildman–Crippen LogP) is 2.89. The van der Waals surface area contributed by atoms with Gasteiger partial charge in [-0.25, -0.2) is 4.79 Å². The zero-order valence-electron chi connectivity index (χ0n) is 20.9. The van der Waals surface area contributed by atoms with Gasteiger partial charge in [0.1, 0.15) is 16.6 Å². The van der Waals surface area contributed by atoms with Crippen molar-refractivity contribution in [3.63, 3.8) is 0 Å². The van der Waals surface area contributed by atoms with E-state index in [1.807, 2.05) is 11.8 Å². The number of nitrogens with one attached hydrogen (secondary N) is 1. The van der Waals surface area contributed by atoms with Gasteiger partial charge in [0.15, 0.2) is 0 Å². The summed E-state index contributed by atoms with van der Waals surface area (Å²) < 4.78 is 5.53. The average molecular weight is 483 g/mol. The van der Waals surface area contributed by atoms with Crippen molar-refractivity contribution >= 4 is 36.3 Å². The number of hydrogen-bond acceptors (Lipinski definition) is 6. The highest BCUT2D eigenvalue weighted by Crippen LogP contribution is 2.30. The highest BCUT2D eigenvalue weighted by Gasteiger charge is 2.41. The zero-order valence-corrected chi connectivity index (χ0v) is 21.7.